The van der Waals surface area contributed by atoms with Crippen molar-refractivity contribution < 1.29 is 9.90 Å². The molecule has 1 aromatic carbocycles. The van der Waals surface area contributed by atoms with E-state index < -0.39 is 12.0 Å². The molecule has 0 spiro atoms. The molecular weight excluding hydrogens is 252 g/mol. The molecule has 0 bridgehead atoms. The quantitative estimate of drug-likeness (QED) is 0.882. The molecule has 0 amide bonds. The van der Waals surface area contributed by atoms with Gasteiger partial charge in [-0.25, -0.2) is 4.79 Å². The summed E-state index contributed by atoms with van der Waals surface area (Å²) in [6, 6.07) is 6.99. The maximum Gasteiger partial charge on any atom is 0.326 e. The third-order valence-corrected chi connectivity index (χ3v) is 3.99. The molecule has 2 N–H and O–H groups in total. The van der Waals surface area contributed by atoms with E-state index in [-0.39, 0.29) is 5.92 Å². The predicted molar refractivity (Wildman–Crippen MR) is 77.5 cm³/mol. The summed E-state index contributed by atoms with van der Waals surface area (Å²) in [5.41, 5.74) is 2.12. The SMILES string of the molecule is Cc1ccc(NC(C(=O)O)C2CCCCC2)c(C#N)c1. The fourth-order valence-corrected chi connectivity index (χ4v) is 2.89. The number of hydrogen-bond donors (Lipinski definition) is 2. The molecule has 1 saturated carbocycles. The highest BCUT2D eigenvalue weighted by molar-refractivity contribution is 5.78. The highest BCUT2D eigenvalue weighted by atomic mass is 16.4. The second kappa shape index (κ2) is 6.42. The van der Waals surface area contributed by atoms with Gasteiger partial charge in [0.05, 0.1) is 11.3 Å². The Morgan fingerprint density at radius 3 is 2.70 bits per heavy atom. The first-order chi connectivity index (χ1) is 9.61. The molecule has 20 heavy (non-hydrogen) atoms. The largest absolute Gasteiger partial charge is 0.480 e. The van der Waals surface area contributed by atoms with Gasteiger partial charge in [-0.3, -0.25) is 0 Å². The lowest BCUT2D eigenvalue weighted by molar-refractivity contribution is -0.139. The Kier molecular flexibility index (Phi) is 4.62. The monoisotopic (exact) mass is 272 g/mol. The number of aliphatic carboxylic acids is 1. The van der Waals surface area contributed by atoms with Crippen molar-refractivity contribution in [1.82, 2.24) is 0 Å². The normalized spacial score (nSPS) is 17.2. The number of nitrogens with zero attached hydrogens (tertiary/aromatic N) is 1. The highest BCUT2D eigenvalue weighted by Crippen LogP contribution is 2.29. The molecule has 1 aromatic rings. The van der Waals surface area contributed by atoms with Gasteiger partial charge in [0.15, 0.2) is 0 Å². The zero-order valence-electron chi connectivity index (χ0n) is 11.7. The minimum atomic E-state index is -0.832. The van der Waals surface area contributed by atoms with Crippen molar-refractivity contribution in [3.8, 4) is 6.07 Å². The van der Waals surface area contributed by atoms with Crippen LogP contribution < -0.4 is 5.32 Å². The molecule has 1 fully saturated rings. The fraction of sp³-hybridized carbons (Fsp3) is 0.500. The number of benzene rings is 1. The van der Waals surface area contributed by atoms with Crippen LogP contribution in [-0.4, -0.2) is 17.1 Å². The maximum absolute atomic E-state index is 11.5. The number of carbonyl (C=O) groups is 1. The Morgan fingerprint density at radius 1 is 1.40 bits per heavy atom. The average Bonchev–Trinajstić information content (AvgIpc) is 2.46. The number of carboxylic acid groups (broad SMARTS) is 1. The zero-order valence-corrected chi connectivity index (χ0v) is 11.7. The van der Waals surface area contributed by atoms with Crippen LogP contribution in [0, 0.1) is 24.2 Å². The smallest absolute Gasteiger partial charge is 0.326 e. The van der Waals surface area contributed by atoms with Gasteiger partial charge in [-0.2, -0.15) is 5.26 Å². The first-order valence-corrected chi connectivity index (χ1v) is 7.12. The molecule has 1 unspecified atom stereocenters. The van der Waals surface area contributed by atoms with Crippen molar-refractivity contribution in [2.45, 2.75) is 45.1 Å². The van der Waals surface area contributed by atoms with E-state index in [4.69, 9.17) is 5.26 Å². The predicted octanol–water partition coefficient (Wildman–Crippen LogP) is 3.31. The van der Waals surface area contributed by atoms with E-state index in [0.29, 0.717) is 11.3 Å². The van der Waals surface area contributed by atoms with E-state index in [1.54, 1.807) is 12.1 Å². The Bertz CT molecular complexity index is 528. The third-order valence-electron chi connectivity index (χ3n) is 3.99. The van der Waals surface area contributed by atoms with E-state index in [9.17, 15) is 9.90 Å². The molecule has 1 aliphatic rings. The van der Waals surface area contributed by atoms with Crippen molar-refractivity contribution in [2.24, 2.45) is 5.92 Å². The molecule has 106 valence electrons. The third kappa shape index (κ3) is 3.30. The lowest BCUT2D eigenvalue weighted by Crippen LogP contribution is -2.38. The van der Waals surface area contributed by atoms with Crippen LogP contribution in [0.1, 0.15) is 43.2 Å². The van der Waals surface area contributed by atoms with Gasteiger partial charge >= 0.3 is 5.97 Å². The van der Waals surface area contributed by atoms with Gasteiger partial charge in [0.2, 0.25) is 0 Å². The minimum Gasteiger partial charge on any atom is -0.480 e. The average molecular weight is 272 g/mol. The van der Waals surface area contributed by atoms with Gasteiger partial charge < -0.3 is 10.4 Å². The summed E-state index contributed by atoms with van der Waals surface area (Å²) in [6.45, 7) is 1.92. The lowest BCUT2D eigenvalue weighted by atomic mass is 9.83. The van der Waals surface area contributed by atoms with Crippen LogP contribution in [-0.2, 0) is 4.79 Å². The van der Waals surface area contributed by atoms with E-state index in [1.807, 2.05) is 13.0 Å². The van der Waals surface area contributed by atoms with Gasteiger partial charge in [0.1, 0.15) is 12.1 Å². The standard InChI is InChI=1S/C16H20N2O2/c1-11-7-8-14(13(9-11)10-17)18-15(16(19)20)12-5-3-2-4-6-12/h7-9,12,15,18H,2-6H2,1H3,(H,19,20). The summed E-state index contributed by atoms with van der Waals surface area (Å²) in [6.07, 6.45) is 5.26. The molecule has 0 aliphatic heterocycles. The number of rotatable bonds is 4. The second-order valence-electron chi connectivity index (χ2n) is 5.52. The van der Waals surface area contributed by atoms with Crippen LogP contribution in [0.5, 0.6) is 0 Å². The van der Waals surface area contributed by atoms with E-state index >= 15 is 0 Å². The minimum absolute atomic E-state index is 0.147. The lowest BCUT2D eigenvalue weighted by Gasteiger charge is -2.29. The molecule has 2 rings (SSSR count). The van der Waals surface area contributed by atoms with Gasteiger partial charge in [0.25, 0.3) is 0 Å². The molecular formula is C16H20N2O2. The van der Waals surface area contributed by atoms with Gasteiger partial charge in [-0.1, -0.05) is 25.3 Å². The van der Waals surface area contributed by atoms with Crippen molar-refractivity contribution in [3.63, 3.8) is 0 Å². The van der Waals surface area contributed by atoms with Crippen LogP contribution in [0.4, 0.5) is 5.69 Å². The molecule has 0 heterocycles. The Morgan fingerprint density at radius 2 is 2.10 bits per heavy atom. The maximum atomic E-state index is 11.5. The fourth-order valence-electron chi connectivity index (χ4n) is 2.89. The molecule has 0 saturated heterocycles. The van der Waals surface area contributed by atoms with Crippen LogP contribution in [0.3, 0.4) is 0 Å². The highest BCUT2D eigenvalue weighted by Gasteiger charge is 2.29. The number of aryl methyl sites for hydroxylation is 1. The molecule has 0 aromatic heterocycles. The molecule has 1 aliphatic carbocycles. The van der Waals surface area contributed by atoms with Gasteiger partial charge in [-0.05, 0) is 43.4 Å². The summed E-state index contributed by atoms with van der Waals surface area (Å²) in [5.74, 6) is -0.685. The number of hydrogen-bond acceptors (Lipinski definition) is 3. The summed E-state index contributed by atoms with van der Waals surface area (Å²) < 4.78 is 0. The number of anilines is 1. The number of nitrogens with one attached hydrogen (secondary N) is 1. The number of carboxylic acids is 1. The first-order valence-electron chi connectivity index (χ1n) is 7.12. The molecule has 0 radical (unpaired) electrons. The molecule has 4 nitrogen and oxygen atoms in total. The summed E-state index contributed by atoms with van der Waals surface area (Å²) in [4.78, 5) is 11.5. The topological polar surface area (TPSA) is 73.1 Å². The summed E-state index contributed by atoms with van der Waals surface area (Å²) >= 11 is 0. The second-order valence-corrected chi connectivity index (χ2v) is 5.52. The van der Waals surface area contributed by atoms with Crippen molar-refractivity contribution in [2.75, 3.05) is 5.32 Å². The summed E-state index contributed by atoms with van der Waals surface area (Å²) in [5, 5.41) is 21.7. The van der Waals surface area contributed by atoms with Crippen LogP contribution in [0.25, 0.3) is 0 Å². The van der Waals surface area contributed by atoms with Crippen molar-refractivity contribution >= 4 is 11.7 Å². The van der Waals surface area contributed by atoms with E-state index in [1.165, 1.54) is 6.42 Å². The molecule has 4 heteroatoms. The van der Waals surface area contributed by atoms with Crippen molar-refractivity contribution in [3.05, 3.63) is 29.3 Å². The van der Waals surface area contributed by atoms with E-state index in [0.717, 1.165) is 31.2 Å². The summed E-state index contributed by atoms with van der Waals surface area (Å²) in [7, 11) is 0. The van der Waals surface area contributed by atoms with Crippen molar-refractivity contribution in [1.29, 1.82) is 5.26 Å². The van der Waals surface area contributed by atoms with Crippen LogP contribution in [0.2, 0.25) is 0 Å². The van der Waals surface area contributed by atoms with Gasteiger partial charge in [0, 0.05) is 0 Å². The Balaban J connectivity index is 2.20. The van der Waals surface area contributed by atoms with Crippen LogP contribution in [0.15, 0.2) is 18.2 Å². The van der Waals surface area contributed by atoms with E-state index in [2.05, 4.69) is 11.4 Å². The molecule has 1 atom stereocenters. The van der Waals surface area contributed by atoms with Crippen LogP contribution >= 0.6 is 0 Å². The number of nitriles is 1. The van der Waals surface area contributed by atoms with Gasteiger partial charge in [-0.15, -0.1) is 0 Å². The first kappa shape index (κ1) is 14.4. The Hall–Kier alpha value is -2.02. The Labute approximate surface area is 119 Å². The zero-order chi connectivity index (χ0) is 14.5.